The summed E-state index contributed by atoms with van der Waals surface area (Å²) >= 11 is 0. The molecule has 1 fully saturated rings. The Kier molecular flexibility index (Phi) is 27.1. The van der Waals surface area contributed by atoms with Crippen LogP contribution in [0.5, 0.6) is 0 Å². The van der Waals surface area contributed by atoms with Crippen LogP contribution < -0.4 is 5.73 Å². The predicted octanol–water partition coefficient (Wildman–Crippen LogP) is 6.81. The Morgan fingerprint density at radius 3 is 2.10 bits per heavy atom. The van der Waals surface area contributed by atoms with Crippen LogP contribution in [0.1, 0.15) is 130 Å². The van der Waals surface area contributed by atoms with Crippen molar-refractivity contribution in [3.05, 3.63) is 12.3 Å². The van der Waals surface area contributed by atoms with E-state index in [0.29, 0.717) is 26.1 Å². The van der Waals surface area contributed by atoms with E-state index in [4.69, 9.17) is 29.4 Å². The van der Waals surface area contributed by atoms with Gasteiger partial charge in [0.2, 0.25) is 12.2 Å². The number of methoxy groups -OCH3 is 2. The van der Waals surface area contributed by atoms with Crippen molar-refractivity contribution in [3.8, 4) is 0 Å². The van der Waals surface area contributed by atoms with E-state index in [1.165, 1.54) is 70.6 Å². The van der Waals surface area contributed by atoms with E-state index < -0.39 is 18.5 Å². The Bertz CT molecular complexity index is 590. The number of amides is 1. The van der Waals surface area contributed by atoms with Gasteiger partial charge in [-0.3, -0.25) is 4.79 Å². The van der Waals surface area contributed by atoms with Crippen molar-refractivity contribution in [1.29, 1.82) is 0 Å². The van der Waals surface area contributed by atoms with Crippen molar-refractivity contribution in [1.82, 2.24) is 0 Å². The third-order valence-electron chi connectivity index (χ3n) is 7.22. The van der Waals surface area contributed by atoms with Crippen LogP contribution in [0.2, 0.25) is 0 Å². The van der Waals surface area contributed by atoms with Gasteiger partial charge in [-0.15, -0.1) is 0 Å². The maximum atomic E-state index is 10.5. The fourth-order valence-electron chi connectivity index (χ4n) is 4.76. The van der Waals surface area contributed by atoms with Gasteiger partial charge in [-0.25, -0.2) is 0 Å². The first-order valence-corrected chi connectivity index (χ1v) is 15.9. The molecule has 0 aromatic rings. The Morgan fingerprint density at radius 2 is 1.55 bits per heavy atom. The zero-order valence-electron chi connectivity index (χ0n) is 26.5. The van der Waals surface area contributed by atoms with Crippen LogP contribution in [0.25, 0.3) is 0 Å². The number of hydrogen-bond acceptors (Lipinski definition) is 7. The first kappa shape index (κ1) is 38.8. The number of allylic oxidation sites excluding steroid dienone is 1. The lowest BCUT2D eigenvalue weighted by molar-refractivity contribution is -0.251. The summed E-state index contributed by atoms with van der Waals surface area (Å²) < 4.78 is 28.0. The Morgan fingerprint density at radius 1 is 0.950 bits per heavy atom. The SMILES string of the molecule is C/C=C\O[C@@H]1CC(OCCC(CCCCCCC)OC)[C@H](O)C(COC)O1.CCCCCCCCCCC(N)=O. The van der Waals surface area contributed by atoms with Crippen LogP contribution in [0.3, 0.4) is 0 Å². The second-order valence-corrected chi connectivity index (χ2v) is 10.8. The van der Waals surface area contributed by atoms with E-state index in [1.54, 1.807) is 26.6 Å². The summed E-state index contributed by atoms with van der Waals surface area (Å²) in [6.45, 7) is 7.18. The topological polar surface area (TPSA) is 109 Å². The monoisotopic (exact) mass is 573 g/mol. The van der Waals surface area contributed by atoms with Gasteiger partial charge in [-0.2, -0.15) is 0 Å². The van der Waals surface area contributed by atoms with Crippen LogP contribution >= 0.6 is 0 Å². The number of primary amides is 1. The Labute approximate surface area is 245 Å². The van der Waals surface area contributed by atoms with Crippen molar-refractivity contribution >= 4 is 5.91 Å². The van der Waals surface area contributed by atoms with Gasteiger partial charge in [0.15, 0.2) is 0 Å². The van der Waals surface area contributed by atoms with Gasteiger partial charge in [0, 0.05) is 33.7 Å². The minimum absolute atomic E-state index is 0.161. The lowest BCUT2D eigenvalue weighted by Crippen LogP contribution is -2.51. The molecule has 5 atom stereocenters. The zero-order chi connectivity index (χ0) is 29.8. The second kappa shape index (κ2) is 28.0. The van der Waals surface area contributed by atoms with Crippen LogP contribution in [0.15, 0.2) is 12.3 Å². The molecule has 3 N–H and O–H groups in total. The number of aliphatic hydroxyl groups is 1. The van der Waals surface area contributed by atoms with Crippen LogP contribution in [-0.4, -0.2) is 69.2 Å². The van der Waals surface area contributed by atoms with Crippen molar-refractivity contribution in [3.63, 3.8) is 0 Å². The summed E-state index contributed by atoms with van der Waals surface area (Å²) in [6.07, 6.45) is 21.0. The average molecular weight is 574 g/mol. The molecular weight excluding hydrogens is 510 g/mol. The first-order valence-electron chi connectivity index (χ1n) is 15.9. The minimum Gasteiger partial charge on any atom is -0.473 e. The van der Waals surface area contributed by atoms with Crippen LogP contribution in [-0.2, 0) is 28.5 Å². The molecular formula is C32H63NO7. The smallest absolute Gasteiger partial charge is 0.217 e. The lowest BCUT2D eigenvalue weighted by atomic mass is 10.0. The van der Waals surface area contributed by atoms with Gasteiger partial charge < -0.3 is 34.5 Å². The van der Waals surface area contributed by atoms with E-state index in [1.807, 2.05) is 6.92 Å². The number of carbonyl (C=O) groups is 1. The quantitative estimate of drug-likeness (QED) is 0.0964. The van der Waals surface area contributed by atoms with Crippen molar-refractivity contribution in [2.24, 2.45) is 5.73 Å². The molecule has 0 spiro atoms. The van der Waals surface area contributed by atoms with E-state index >= 15 is 0 Å². The number of aliphatic hydroxyl groups excluding tert-OH is 1. The molecule has 0 aromatic carbocycles. The van der Waals surface area contributed by atoms with Gasteiger partial charge in [0.1, 0.15) is 12.2 Å². The first-order chi connectivity index (χ1) is 19.4. The largest absolute Gasteiger partial charge is 0.473 e. The van der Waals surface area contributed by atoms with Crippen LogP contribution in [0, 0.1) is 0 Å². The maximum absolute atomic E-state index is 10.5. The highest BCUT2D eigenvalue weighted by molar-refractivity contribution is 5.73. The fraction of sp³-hybridized carbons (Fsp3) is 0.906. The third kappa shape index (κ3) is 21.5. The zero-order valence-corrected chi connectivity index (χ0v) is 26.5. The molecule has 238 valence electrons. The summed E-state index contributed by atoms with van der Waals surface area (Å²) in [5, 5.41) is 10.5. The Balaban J connectivity index is 0.000000983. The average Bonchev–Trinajstić information content (AvgIpc) is 2.94. The summed E-state index contributed by atoms with van der Waals surface area (Å²) in [7, 11) is 3.35. The van der Waals surface area contributed by atoms with E-state index in [0.717, 1.165) is 25.7 Å². The summed E-state index contributed by atoms with van der Waals surface area (Å²) in [5.41, 5.74) is 5.03. The standard InChI is InChI=1S/C21H40O6.C11H23NO/c1-5-7-8-9-10-11-17(24-4)12-14-25-18-15-20(26-13-6-2)27-19(16-23-3)21(18)22;1-2-3-4-5-6-7-8-9-10-11(12)13/h6,13,17-22H,5,7-12,14-16H2,1-4H3;2-10H2,1H3,(H2,12,13)/b13-6-;/t17?,18?,19?,20-,21-;/m0./s1. The van der Waals surface area contributed by atoms with Gasteiger partial charge >= 0.3 is 0 Å². The summed E-state index contributed by atoms with van der Waals surface area (Å²) in [5.74, 6) is -0.161. The molecule has 0 aromatic heterocycles. The number of rotatable bonds is 24. The molecule has 0 aliphatic carbocycles. The van der Waals surface area contributed by atoms with Crippen molar-refractivity contribution < 1.29 is 33.6 Å². The van der Waals surface area contributed by atoms with E-state index in [2.05, 4.69) is 13.8 Å². The molecule has 0 saturated carbocycles. The third-order valence-corrected chi connectivity index (χ3v) is 7.22. The molecule has 1 amide bonds. The molecule has 0 bridgehead atoms. The number of ether oxygens (including phenoxy) is 5. The van der Waals surface area contributed by atoms with Crippen molar-refractivity contribution in [2.75, 3.05) is 27.4 Å². The lowest BCUT2D eigenvalue weighted by Gasteiger charge is -2.38. The molecule has 40 heavy (non-hydrogen) atoms. The number of carbonyl (C=O) groups excluding carboxylic acids is 1. The molecule has 1 heterocycles. The van der Waals surface area contributed by atoms with Gasteiger partial charge in [-0.05, 0) is 26.2 Å². The molecule has 0 radical (unpaired) electrons. The highest BCUT2D eigenvalue weighted by Crippen LogP contribution is 2.25. The Hall–Kier alpha value is -1.19. The number of hydrogen-bond donors (Lipinski definition) is 2. The highest BCUT2D eigenvalue weighted by atomic mass is 16.7. The van der Waals surface area contributed by atoms with Crippen molar-refractivity contribution in [2.45, 2.75) is 161 Å². The molecule has 1 rings (SSSR count). The summed E-state index contributed by atoms with van der Waals surface area (Å²) in [6, 6.07) is 0. The molecule has 1 aliphatic rings. The molecule has 3 unspecified atom stereocenters. The molecule has 1 aliphatic heterocycles. The normalized spacial score (nSPS) is 21.6. The van der Waals surface area contributed by atoms with Gasteiger partial charge in [0.25, 0.3) is 0 Å². The molecule has 1 saturated heterocycles. The van der Waals surface area contributed by atoms with Gasteiger partial charge in [0.05, 0.1) is 25.1 Å². The number of unbranched alkanes of at least 4 members (excludes halogenated alkanes) is 11. The number of nitrogens with two attached hydrogens (primary N) is 1. The van der Waals surface area contributed by atoms with Gasteiger partial charge in [-0.1, -0.05) is 97.0 Å². The van der Waals surface area contributed by atoms with Crippen LogP contribution in [0.4, 0.5) is 0 Å². The van der Waals surface area contributed by atoms with E-state index in [9.17, 15) is 9.90 Å². The summed E-state index contributed by atoms with van der Waals surface area (Å²) in [4.78, 5) is 10.4. The second-order valence-electron chi connectivity index (χ2n) is 10.8. The highest BCUT2D eigenvalue weighted by Gasteiger charge is 2.39. The molecule has 8 heteroatoms. The maximum Gasteiger partial charge on any atom is 0.217 e. The van der Waals surface area contributed by atoms with E-state index in [-0.39, 0.29) is 18.1 Å². The fourth-order valence-corrected chi connectivity index (χ4v) is 4.76. The molecule has 8 nitrogen and oxygen atoms in total. The minimum atomic E-state index is -0.731. The predicted molar refractivity (Wildman–Crippen MR) is 162 cm³/mol.